The molecule has 0 radical (unpaired) electrons. The van der Waals surface area contributed by atoms with Crippen LogP contribution >= 0.6 is 0 Å². The summed E-state index contributed by atoms with van der Waals surface area (Å²) < 4.78 is 20.6. The summed E-state index contributed by atoms with van der Waals surface area (Å²) in [4.78, 5) is 22.0. The Hall–Kier alpha value is -3.29. The summed E-state index contributed by atoms with van der Waals surface area (Å²) in [5.74, 6) is 0.510. The third kappa shape index (κ3) is 4.60. The van der Waals surface area contributed by atoms with Gasteiger partial charge in [0.15, 0.2) is 17.2 Å². The second-order valence-corrected chi connectivity index (χ2v) is 4.78. The van der Waals surface area contributed by atoms with Gasteiger partial charge in [-0.3, -0.25) is 10.1 Å². The van der Waals surface area contributed by atoms with Gasteiger partial charge in [-0.25, -0.2) is 4.79 Å². The number of nitrogens with zero attached hydrogens (tertiary/aromatic N) is 1. The highest BCUT2D eigenvalue weighted by atomic mass is 16.6. The molecule has 0 aromatic heterocycles. The maximum Gasteiger partial charge on any atom is 0.338 e. The van der Waals surface area contributed by atoms with Crippen molar-refractivity contribution in [3.8, 4) is 17.2 Å². The number of hydrogen-bond donors (Lipinski definition) is 0. The zero-order valence-corrected chi connectivity index (χ0v) is 13.8. The van der Waals surface area contributed by atoms with Gasteiger partial charge in [-0.15, -0.1) is 0 Å². The average Bonchev–Trinajstić information content (AvgIpc) is 2.64. The quantitative estimate of drug-likeness (QED) is 0.313. The average molecular weight is 347 g/mol. The standard InChI is InChI=1S/C17H17NO7/c1-22-15-5-3-4-6-16(15)25-10-9-24-14-8-7-12(17(19)23-2)11-13(14)18(20)21/h3-8,11H,9-10H2,1-2H3. The minimum Gasteiger partial charge on any atom is -0.493 e. The van der Waals surface area contributed by atoms with E-state index in [-0.39, 0.29) is 30.2 Å². The van der Waals surface area contributed by atoms with Crippen LogP contribution in [0, 0.1) is 10.1 Å². The Kier molecular flexibility index (Phi) is 6.16. The van der Waals surface area contributed by atoms with Crippen LogP contribution in [-0.2, 0) is 4.74 Å². The van der Waals surface area contributed by atoms with E-state index in [0.29, 0.717) is 11.5 Å². The highest BCUT2D eigenvalue weighted by Gasteiger charge is 2.19. The van der Waals surface area contributed by atoms with Gasteiger partial charge in [0.25, 0.3) is 0 Å². The zero-order valence-electron chi connectivity index (χ0n) is 13.8. The fourth-order valence-electron chi connectivity index (χ4n) is 2.07. The van der Waals surface area contributed by atoms with Gasteiger partial charge in [0, 0.05) is 6.07 Å². The molecule has 0 heterocycles. The number of ether oxygens (including phenoxy) is 4. The molecule has 0 bridgehead atoms. The lowest BCUT2D eigenvalue weighted by molar-refractivity contribution is -0.385. The van der Waals surface area contributed by atoms with Gasteiger partial charge in [-0.1, -0.05) is 12.1 Å². The van der Waals surface area contributed by atoms with Crippen molar-refractivity contribution in [3.05, 3.63) is 58.1 Å². The molecule has 25 heavy (non-hydrogen) atoms. The number of carbonyl (C=O) groups is 1. The van der Waals surface area contributed by atoms with Crippen molar-refractivity contribution in [3.63, 3.8) is 0 Å². The van der Waals surface area contributed by atoms with E-state index in [1.165, 1.54) is 26.4 Å². The molecule has 2 rings (SSSR count). The van der Waals surface area contributed by atoms with Crippen molar-refractivity contribution in [2.24, 2.45) is 0 Å². The lowest BCUT2D eigenvalue weighted by atomic mass is 10.2. The van der Waals surface area contributed by atoms with Gasteiger partial charge in [-0.2, -0.15) is 0 Å². The maximum atomic E-state index is 11.5. The molecule has 0 saturated carbocycles. The Morgan fingerprint density at radius 3 is 2.24 bits per heavy atom. The molecule has 2 aromatic rings. The molecule has 0 spiro atoms. The monoisotopic (exact) mass is 347 g/mol. The molecule has 132 valence electrons. The molecular weight excluding hydrogens is 330 g/mol. The van der Waals surface area contributed by atoms with Crippen molar-refractivity contribution in [2.75, 3.05) is 27.4 Å². The minimum atomic E-state index is -0.658. The van der Waals surface area contributed by atoms with E-state index in [0.717, 1.165) is 6.07 Å². The van der Waals surface area contributed by atoms with E-state index in [2.05, 4.69) is 4.74 Å². The molecular formula is C17H17NO7. The first kappa shape index (κ1) is 18.1. The predicted octanol–water partition coefficient (Wildman–Crippen LogP) is 2.85. The van der Waals surface area contributed by atoms with Crippen LogP contribution in [0.4, 0.5) is 5.69 Å². The summed E-state index contributed by atoms with van der Waals surface area (Å²) in [6, 6.07) is 11.0. The number of methoxy groups -OCH3 is 2. The van der Waals surface area contributed by atoms with Gasteiger partial charge in [-0.05, 0) is 24.3 Å². The van der Waals surface area contributed by atoms with Crippen LogP contribution in [0.2, 0.25) is 0 Å². The van der Waals surface area contributed by atoms with E-state index < -0.39 is 10.9 Å². The smallest absolute Gasteiger partial charge is 0.338 e. The molecule has 0 atom stereocenters. The van der Waals surface area contributed by atoms with Crippen molar-refractivity contribution >= 4 is 11.7 Å². The number of nitro benzene ring substituents is 1. The number of rotatable bonds is 8. The van der Waals surface area contributed by atoms with Gasteiger partial charge >= 0.3 is 11.7 Å². The molecule has 0 aliphatic rings. The number of hydrogen-bond acceptors (Lipinski definition) is 7. The van der Waals surface area contributed by atoms with Crippen LogP contribution in [-0.4, -0.2) is 38.3 Å². The van der Waals surface area contributed by atoms with Gasteiger partial charge in [0.2, 0.25) is 0 Å². The first-order valence-electron chi connectivity index (χ1n) is 7.32. The topological polar surface area (TPSA) is 97.1 Å². The maximum absolute atomic E-state index is 11.5. The van der Waals surface area contributed by atoms with E-state index in [1.807, 2.05) is 6.07 Å². The number of nitro groups is 1. The number of para-hydroxylation sites is 2. The van der Waals surface area contributed by atoms with Gasteiger partial charge in [0.05, 0.1) is 24.7 Å². The number of benzene rings is 2. The Bertz CT molecular complexity index is 760. The first-order chi connectivity index (χ1) is 12.1. The minimum absolute atomic E-state index is 0.0429. The Morgan fingerprint density at radius 2 is 1.64 bits per heavy atom. The molecule has 0 aliphatic carbocycles. The molecule has 0 N–H and O–H groups in total. The van der Waals surface area contributed by atoms with Crippen LogP contribution < -0.4 is 14.2 Å². The number of esters is 1. The molecule has 0 aliphatic heterocycles. The van der Waals surface area contributed by atoms with Crippen LogP contribution in [0.15, 0.2) is 42.5 Å². The van der Waals surface area contributed by atoms with Crippen LogP contribution in [0.25, 0.3) is 0 Å². The molecule has 0 saturated heterocycles. The van der Waals surface area contributed by atoms with Crippen molar-refractivity contribution in [1.29, 1.82) is 0 Å². The van der Waals surface area contributed by atoms with Gasteiger partial charge in [0.1, 0.15) is 13.2 Å². The summed E-state index contributed by atoms with van der Waals surface area (Å²) in [6.07, 6.45) is 0. The largest absolute Gasteiger partial charge is 0.493 e. The lowest BCUT2D eigenvalue weighted by Gasteiger charge is -2.11. The van der Waals surface area contributed by atoms with Gasteiger partial charge < -0.3 is 18.9 Å². The lowest BCUT2D eigenvalue weighted by Crippen LogP contribution is -2.11. The van der Waals surface area contributed by atoms with E-state index in [9.17, 15) is 14.9 Å². The van der Waals surface area contributed by atoms with Crippen LogP contribution in [0.1, 0.15) is 10.4 Å². The fraction of sp³-hybridized carbons (Fsp3) is 0.235. The van der Waals surface area contributed by atoms with Crippen molar-refractivity contribution in [1.82, 2.24) is 0 Å². The summed E-state index contributed by atoms with van der Waals surface area (Å²) in [6.45, 7) is 0.243. The number of carbonyl (C=O) groups excluding carboxylic acids is 1. The van der Waals surface area contributed by atoms with E-state index >= 15 is 0 Å². The zero-order chi connectivity index (χ0) is 18.2. The van der Waals surface area contributed by atoms with Crippen LogP contribution in [0.5, 0.6) is 17.2 Å². The molecule has 8 nitrogen and oxygen atoms in total. The Labute approximate surface area is 144 Å². The summed E-state index contributed by atoms with van der Waals surface area (Å²) >= 11 is 0. The molecule has 0 fully saturated rings. The Balaban J connectivity index is 2.00. The molecule has 0 amide bonds. The first-order valence-corrected chi connectivity index (χ1v) is 7.32. The molecule has 0 unspecified atom stereocenters. The fourth-order valence-corrected chi connectivity index (χ4v) is 2.07. The molecule has 2 aromatic carbocycles. The highest BCUT2D eigenvalue weighted by Crippen LogP contribution is 2.29. The van der Waals surface area contributed by atoms with Crippen LogP contribution in [0.3, 0.4) is 0 Å². The highest BCUT2D eigenvalue weighted by molar-refractivity contribution is 5.90. The van der Waals surface area contributed by atoms with Crippen molar-refractivity contribution < 1.29 is 28.7 Å². The van der Waals surface area contributed by atoms with E-state index in [4.69, 9.17) is 14.2 Å². The summed E-state index contributed by atoms with van der Waals surface area (Å²) in [5.41, 5.74) is -0.244. The van der Waals surface area contributed by atoms with E-state index in [1.54, 1.807) is 18.2 Å². The normalized spacial score (nSPS) is 10.0. The molecule has 8 heteroatoms. The summed E-state index contributed by atoms with van der Waals surface area (Å²) in [7, 11) is 2.73. The second-order valence-electron chi connectivity index (χ2n) is 4.78. The second kappa shape index (κ2) is 8.53. The third-order valence-electron chi connectivity index (χ3n) is 3.24. The Morgan fingerprint density at radius 1 is 1.00 bits per heavy atom. The predicted molar refractivity (Wildman–Crippen MR) is 88.4 cm³/mol. The summed E-state index contributed by atoms with van der Waals surface area (Å²) in [5, 5.41) is 11.1. The third-order valence-corrected chi connectivity index (χ3v) is 3.24. The van der Waals surface area contributed by atoms with Crippen molar-refractivity contribution in [2.45, 2.75) is 0 Å². The SMILES string of the molecule is COC(=O)c1ccc(OCCOc2ccccc2OC)c([N+](=O)[O-])c1.